The number of anilines is 2. The monoisotopic (exact) mass is 578 g/mol. The second-order valence-corrected chi connectivity index (χ2v) is 10.4. The largest absolute Gasteiger partial charge is 0.493 e. The molecule has 0 radical (unpaired) electrons. The Labute approximate surface area is 232 Å². The summed E-state index contributed by atoms with van der Waals surface area (Å²) in [4.78, 5) is 27.2. The van der Waals surface area contributed by atoms with Crippen LogP contribution in [0.2, 0.25) is 15.1 Å². The molecule has 1 fully saturated rings. The fourth-order valence-electron chi connectivity index (χ4n) is 3.29. The highest BCUT2D eigenvalue weighted by molar-refractivity contribution is 8.27. The van der Waals surface area contributed by atoms with E-state index < -0.39 is 5.91 Å². The van der Waals surface area contributed by atoms with E-state index in [-0.39, 0.29) is 12.5 Å². The molecule has 1 saturated heterocycles. The second-order valence-electron chi connectivity index (χ2n) is 7.40. The minimum atomic E-state index is -0.398. The number of nitrogens with one attached hydrogen (secondary N) is 1. The number of rotatable bonds is 7. The molecule has 4 rings (SSSR count). The smallest absolute Gasteiger partial charge is 0.270 e. The highest BCUT2D eigenvalue weighted by Crippen LogP contribution is 2.37. The molecule has 11 heteroatoms. The first-order valence-corrected chi connectivity index (χ1v) is 12.7. The van der Waals surface area contributed by atoms with Crippen LogP contribution in [0.4, 0.5) is 11.4 Å². The lowest BCUT2D eigenvalue weighted by molar-refractivity contribution is -0.118. The van der Waals surface area contributed by atoms with E-state index in [1.54, 1.807) is 66.7 Å². The Kier molecular flexibility index (Phi) is 8.43. The molecule has 1 aliphatic heterocycles. The molecule has 6 nitrogen and oxygen atoms in total. The lowest BCUT2D eigenvalue weighted by atomic mass is 10.2. The summed E-state index contributed by atoms with van der Waals surface area (Å²) in [5, 5.41) is 4.05. The van der Waals surface area contributed by atoms with Crippen molar-refractivity contribution in [1.82, 2.24) is 0 Å². The summed E-state index contributed by atoms with van der Waals surface area (Å²) in [6.07, 6.45) is 1.72. The Balaban J connectivity index is 1.45. The molecule has 0 aliphatic carbocycles. The van der Waals surface area contributed by atoms with Crippen molar-refractivity contribution >= 4 is 92.4 Å². The first kappa shape index (κ1) is 26.3. The standard InChI is InChI=1S/C25H17Cl3N2O4S2/c1-33-21-8-14(9-22-24(32)30(25(35)36-22)19-5-3-15(26)4-6-19)2-7-20(21)34-13-23(31)29-18-11-16(27)10-17(28)12-18/h2-12H,13H2,1H3,(H,29,31)/b22-9-. The second kappa shape index (κ2) is 11.5. The van der Waals surface area contributed by atoms with Crippen molar-refractivity contribution < 1.29 is 19.1 Å². The molecule has 0 unspecified atom stereocenters. The van der Waals surface area contributed by atoms with Crippen molar-refractivity contribution in [3.05, 3.63) is 86.2 Å². The van der Waals surface area contributed by atoms with Gasteiger partial charge in [0.15, 0.2) is 22.4 Å². The Morgan fingerprint density at radius 3 is 2.36 bits per heavy atom. The van der Waals surface area contributed by atoms with Crippen molar-refractivity contribution in [3.8, 4) is 11.5 Å². The number of benzene rings is 3. The number of halogens is 3. The molecule has 1 heterocycles. The summed E-state index contributed by atoms with van der Waals surface area (Å²) >= 11 is 24.5. The van der Waals surface area contributed by atoms with E-state index in [9.17, 15) is 9.59 Å². The van der Waals surface area contributed by atoms with Gasteiger partial charge < -0.3 is 14.8 Å². The van der Waals surface area contributed by atoms with Gasteiger partial charge in [-0.15, -0.1) is 0 Å². The van der Waals surface area contributed by atoms with E-state index in [4.69, 9.17) is 56.5 Å². The van der Waals surface area contributed by atoms with Crippen LogP contribution in [-0.4, -0.2) is 29.9 Å². The lowest BCUT2D eigenvalue weighted by Crippen LogP contribution is -2.27. The molecule has 2 amide bonds. The number of hydrogen-bond acceptors (Lipinski definition) is 6. The van der Waals surface area contributed by atoms with Crippen LogP contribution < -0.4 is 19.7 Å². The average molecular weight is 580 g/mol. The van der Waals surface area contributed by atoms with Gasteiger partial charge in [-0.3, -0.25) is 14.5 Å². The molecule has 184 valence electrons. The molecule has 0 saturated carbocycles. The van der Waals surface area contributed by atoms with E-state index >= 15 is 0 Å². The van der Waals surface area contributed by atoms with Gasteiger partial charge in [-0.2, -0.15) is 0 Å². The van der Waals surface area contributed by atoms with E-state index in [2.05, 4.69) is 5.32 Å². The summed E-state index contributed by atoms with van der Waals surface area (Å²) in [6.45, 7) is -0.264. The molecule has 0 bridgehead atoms. The van der Waals surface area contributed by atoms with E-state index in [1.165, 1.54) is 23.8 Å². The maximum atomic E-state index is 13.0. The molecule has 0 aromatic heterocycles. The van der Waals surface area contributed by atoms with Gasteiger partial charge in [-0.1, -0.05) is 64.8 Å². The van der Waals surface area contributed by atoms with Crippen LogP contribution in [0.3, 0.4) is 0 Å². The molecule has 0 spiro atoms. The topological polar surface area (TPSA) is 67.9 Å². The molecule has 1 N–H and O–H groups in total. The zero-order valence-electron chi connectivity index (χ0n) is 18.6. The van der Waals surface area contributed by atoms with Gasteiger partial charge >= 0.3 is 0 Å². The van der Waals surface area contributed by atoms with Crippen LogP contribution in [-0.2, 0) is 9.59 Å². The number of carbonyl (C=O) groups excluding carboxylic acids is 2. The Hall–Kier alpha value is -2.75. The zero-order chi connectivity index (χ0) is 25.8. The predicted octanol–water partition coefficient (Wildman–Crippen LogP) is 7.08. The molecule has 36 heavy (non-hydrogen) atoms. The minimum Gasteiger partial charge on any atom is -0.493 e. The first-order valence-electron chi connectivity index (χ1n) is 10.3. The lowest BCUT2D eigenvalue weighted by Gasteiger charge is -2.14. The predicted molar refractivity (Wildman–Crippen MR) is 151 cm³/mol. The van der Waals surface area contributed by atoms with Gasteiger partial charge in [0.1, 0.15) is 0 Å². The Bertz CT molecular complexity index is 1360. The van der Waals surface area contributed by atoms with Crippen LogP contribution in [0.5, 0.6) is 11.5 Å². The molecule has 0 atom stereocenters. The zero-order valence-corrected chi connectivity index (χ0v) is 22.5. The SMILES string of the molecule is COc1cc(/C=C2\SC(=S)N(c3ccc(Cl)cc3)C2=O)ccc1OCC(=O)Nc1cc(Cl)cc(Cl)c1. The van der Waals surface area contributed by atoms with Crippen LogP contribution in [0.1, 0.15) is 5.56 Å². The van der Waals surface area contributed by atoms with Crippen LogP contribution in [0.25, 0.3) is 6.08 Å². The Morgan fingerprint density at radius 2 is 1.69 bits per heavy atom. The number of thiocarbonyl (C=S) groups is 1. The van der Waals surface area contributed by atoms with Gasteiger partial charge in [-0.05, 0) is 66.2 Å². The highest BCUT2D eigenvalue weighted by atomic mass is 35.5. The fourth-order valence-corrected chi connectivity index (χ4v) is 5.24. The molecule has 3 aromatic rings. The van der Waals surface area contributed by atoms with Crippen molar-refractivity contribution in [2.75, 3.05) is 23.9 Å². The maximum absolute atomic E-state index is 13.0. The van der Waals surface area contributed by atoms with E-state index in [1.807, 2.05) is 0 Å². The fraction of sp³-hybridized carbons (Fsp3) is 0.0800. The Morgan fingerprint density at radius 1 is 1.00 bits per heavy atom. The van der Waals surface area contributed by atoms with E-state index in [0.717, 1.165) is 0 Å². The summed E-state index contributed by atoms with van der Waals surface area (Å²) < 4.78 is 11.5. The summed E-state index contributed by atoms with van der Waals surface area (Å²) in [6, 6.07) is 16.7. The number of hydrogen-bond donors (Lipinski definition) is 1. The number of carbonyl (C=O) groups is 2. The van der Waals surface area contributed by atoms with Crippen LogP contribution >= 0.6 is 58.8 Å². The van der Waals surface area contributed by atoms with E-state index in [0.29, 0.717) is 52.7 Å². The average Bonchev–Trinajstić information content (AvgIpc) is 3.10. The summed E-state index contributed by atoms with van der Waals surface area (Å²) in [5.74, 6) is 0.132. The molecular weight excluding hydrogens is 563 g/mol. The van der Waals surface area contributed by atoms with Crippen molar-refractivity contribution in [3.63, 3.8) is 0 Å². The third-order valence-corrected chi connectivity index (χ3v) is 6.86. The molecular formula is C25H17Cl3N2O4S2. The number of nitrogens with zero attached hydrogens (tertiary/aromatic N) is 1. The molecule has 1 aliphatic rings. The van der Waals surface area contributed by atoms with Crippen molar-refractivity contribution in [2.45, 2.75) is 0 Å². The third-order valence-electron chi connectivity index (χ3n) is 4.87. The highest BCUT2D eigenvalue weighted by Gasteiger charge is 2.33. The van der Waals surface area contributed by atoms with Crippen molar-refractivity contribution in [1.29, 1.82) is 0 Å². The maximum Gasteiger partial charge on any atom is 0.270 e. The summed E-state index contributed by atoms with van der Waals surface area (Å²) in [5.41, 5.74) is 1.80. The first-order chi connectivity index (χ1) is 17.2. The van der Waals surface area contributed by atoms with Gasteiger partial charge in [0.05, 0.1) is 17.7 Å². The quantitative estimate of drug-likeness (QED) is 0.238. The van der Waals surface area contributed by atoms with Gasteiger partial charge in [0.25, 0.3) is 11.8 Å². The summed E-state index contributed by atoms with van der Waals surface area (Å²) in [7, 11) is 1.49. The third kappa shape index (κ3) is 6.32. The number of thioether (sulfide) groups is 1. The minimum absolute atomic E-state index is 0.232. The number of ether oxygens (including phenoxy) is 2. The van der Waals surface area contributed by atoms with Gasteiger partial charge in [0, 0.05) is 20.8 Å². The van der Waals surface area contributed by atoms with Crippen molar-refractivity contribution in [2.24, 2.45) is 0 Å². The molecule has 3 aromatic carbocycles. The normalized spacial score (nSPS) is 14.3. The van der Waals surface area contributed by atoms with Gasteiger partial charge in [0.2, 0.25) is 0 Å². The number of amides is 2. The van der Waals surface area contributed by atoms with Gasteiger partial charge in [-0.25, -0.2) is 0 Å². The van der Waals surface area contributed by atoms with Crippen LogP contribution in [0.15, 0.2) is 65.6 Å². The van der Waals surface area contributed by atoms with Crippen LogP contribution in [0, 0.1) is 0 Å². The number of methoxy groups -OCH3 is 1.